The van der Waals surface area contributed by atoms with Crippen molar-refractivity contribution in [3.8, 4) is 5.75 Å². The summed E-state index contributed by atoms with van der Waals surface area (Å²) in [5, 5.41) is 23.5. The van der Waals surface area contributed by atoms with Gasteiger partial charge in [0, 0.05) is 12.5 Å². The molecule has 5 N–H and O–H groups in total. The normalized spacial score (nSPS) is 13.1. The Labute approximate surface area is 105 Å². The Morgan fingerprint density at radius 3 is 2.83 bits per heavy atom. The number of nitrogens with one attached hydrogen (secondary N) is 1. The van der Waals surface area contributed by atoms with Gasteiger partial charge >= 0.3 is 0 Å². The van der Waals surface area contributed by atoms with Crippen molar-refractivity contribution >= 4 is 11.7 Å². The number of nitrogens with zero attached hydrogens (tertiary/aromatic N) is 1. The van der Waals surface area contributed by atoms with Crippen LogP contribution in [-0.2, 0) is 0 Å². The average molecular weight is 251 g/mol. The Morgan fingerprint density at radius 2 is 2.22 bits per heavy atom. The molecule has 98 valence electrons. The van der Waals surface area contributed by atoms with Crippen LogP contribution >= 0.6 is 0 Å². The van der Waals surface area contributed by atoms with Crippen molar-refractivity contribution in [3.05, 3.63) is 29.3 Å². The number of phenolic OH excluding ortho intramolecular Hbond substituents is 1. The molecule has 0 radical (unpaired) electrons. The molecule has 6 nitrogen and oxygen atoms in total. The second-order valence-electron chi connectivity index (χ2n) is 4.19. The average Bonchev–Trinajstić information content (AvgIpc) is 2.31. The third-order valence-electron chi connectivity index (χ3n) is 2.42. The highest BCUT2D eigenvalue weighted by Gasteiger charge is 2.14. The minimum Gasteiger partial charge on any atom is -0.507 e. The summed E-state index contributed by atoms with van der Waals surface area (Å²) in [5.41, 5.74) is 6.43. The van der Waals surface area contributed by atoms with E-state index in [2.05, 4.69) is 10.5 Å². The predicted molar refractivity (Wildman–Crippen MR) is 67.8 cm³/mol. The van der Waals surface area contributed by atoms with Gasteiger partial charge in [0.15, 0.2) is 0 Å². The largest absolute Gasteiger partial charge is 0.507 e. The van der Waals surface area contributed by atoms with Crippen LogP contribution in [0.3, 0.4) is 0 Å². The molecule has 0 spiro atoms. The molecule has 1 rings (SSSR count). The number of amidine groups is 1. The maximum atomic E-state index is 11.9. The lowest BCUT2D eigenvalue weighted by molar-refractivity contribution is 0.0938. The van der Waals surface area contributed by atoms with Crippen molar-refractivity contribution in [1.82, 2.24) is 5.32 Å². The molecule has 1 amide bonds. The summed E-state index contributed by atoms with van der Waals surface area (Å²) in [7, 11) is 0. The molecule has 0 aliphatic heterocycles. The van der Waals surface area contributed by atoms with Crippen LogP contribution in [0.25, 0.3) is 0 Å². The topological polar surface area (TPSA) is 108 Å². The van der Waals surface area contributed by atoms with Crippen LogP contribution in [0.1, 0.15) is 29.3 Å². The molecular formula is C12H17N3O3. The Hall–Kier alpha value is -2.24. The summed E-state index contributed by atoms with van der Waals surface area (Å²) in [4.78, 5) is 11.9. The van der Waals surface area contributed by atoms with Gasteiger partial charge in [0.2, 0.25) is 0 Å². The molecule has 0 saturated carbocycles. The Morgan fingerprint density at radius 1 is 1.56 bits per heavy atom. The zero-order valence-corrected chi connectivity index (χ0v) is 10.3. The number of oxime groups is 1. The number of carbonyl (C=O) groups is 1. The number of carbonyl (C=O) groups excluding carboxylic acids is 1. The number of hydrogen-bond acceptors (Lipinski definition) is 4. The maximum Gasteiger partial charge on any atom is 0.255 e. The molecule has 0 aliphatic carbocycles. The number of aromatic hydroxyl groups is 1. The zero-order chi connectivity index (χ0) is 13.7. The molecule has 0 fully saturated rings. The zero-order valence-electron chi connectivity index (χ0n) is 10.3. The molecule has 18 heavy (non-hydrogen) atoms. The van der Waals surface area contributed by atoms with Gasteiger partial charge in [0.05, 0.1) is 5.56 Å². The molecule has 0 aliphatic rings. The van der Waals surface area contributed by atoms with E-state index in [1.807, 2.05) is 6.92 Å². The van der Waals surface area contributed by atoms with Crippen LogP contribution in [0, 0.1) is 6.92 Å². The lowest BCUT2D eigenvalue weighted by Crippen LogP contribution is -2.35. The van der Waals surface area contributed by atoms with Crippen LogP contribution < -0.4 is 11.1 Å². The smallest absolute Gasteiger partial charge is 0.255 e. The van der Waals surface area contributed by atoms with Crippen molar-refractivity contribution in [2.75, 3.05) is 0 Å². The van der Waals surface area contributed by atoms with Gasteiger partial charge in [-0.25, -0.2) is 0 Å². The summed E-state index contributed by atoms with van der Waals surface area (Å²) >= 11 is 0. The summed E-state index contributed by atoms with van der Waals surface area (Å²) in [6.45, 7) is 3.55. The number of nitrogens with two attached hydrogens (primary N) is 1. The SMILES string of the molecule is Cc1ccc(O)c(C(=O)NC(C)CC(N)=NO)c1. The molecule has 1 atom stereocenters. The van der Waals surface area contributed by atoms with Crippen LogP contribution in [0.15, 0.2) is 23.4 Å². The summed E-state index contributed by atoms with van der Waals surface area (Å²) < 4.78 is 0. The molecule has 0 heterocycles. The number of amides is 1. The Kier molecular flexibility index (Phi) is 4.53. The van der Waals surface area contributed by atoms with E-state index >= 15 is 0 Å². The van der Waals surface area contributed by atoms with Gasteiger partial charge < -0.3 is 21.4 Å². The van der Waals surface area contributed by atoms with E-state index in [9.17, 15) is 9.90 Å². The van der Waals surface area contributed by atoms with E-state index in [-0.39, 0.29) is 29.6 Å². The van der Waals surface area contributed by atoms with Crippen LogP contribution in [0.5, 0.6) is 5.75 Å². The van der Waals surface area contributed by atoms with Crippen molar-refractivity contribution in [3.63, 3.8) is 0 Å². The molecule has 0 bridgehead atoms. The van der Waals surface area contributed by atoms with Crippen molar-refractivity contribution in [2.24, 2.45) is 10.9 Å². The number of phenols is 1. The highest BCUT2D eigenvalue weighted by Crippen LogP contribution is 2.18. The fourth-order valence-corrected chi connectivity index (χ4v) is 1.54. The van der Waals surface area contributed by atoms with Crippen LogP contribution in [-0.4, -0.2) is 28.1 Å². The highest BCUT2D eigenvalue weighted by atomic mass is 16.4. The lowest BCUT2D eigenvalue weighted by atomic mass is 10.1. The maximum absolute atomic E-state index is 11.9. The highest BCUT2D eigenvalue weighted by molar-refractivity contribution is 5.97. The quantitative estimate of drug-likeness (QED) is 0.276. The van der Waals surface area contributed by atoms with E-state index in [0.717, 1.165) is 5.56 Å². The Bertz CT molecular complexity index is 472. The molecular weight excluding hydrogens is 234 g/mol. The molecule has 0 saturated heterocycles. The summed E-state index contributed by atoms with van der Waals surface area (Å²) in [6.07, 6.45) is 0.231. The second-order valence-corrected chi connectivity index (χ2v) is 4.19. The number of hydrogen-bond donors (Lipinski definition) is 4. The van der Waals surface area contributed by atoms with Crippen LogP contribution in [0.4, 0.5) is 0 Å². The van der Waals surface area contributed by atoms with Crippen molar-refractivity contribution in [2.45, 2.75) is 26.3 Å². The van der Waals surface area contributed by atoms with Gasteiger partial charge in [-0.15, -0.1) is 0 Å². The molecule has 1 unspecified atom stereocenters. The number of benzene rings is 1. The molecule has 1 aromatic rings. The first kappa shape index (κ1) is 13.8. The summed E-state index contributed by atoms with van der Waals surface area (Å²) in [6, 6.07) is 4.49. The third-order valence-corrected chi connectivity index (χ3v) is 2.42. The molecule has 6 heteroatoms. The van der Waals surface area contributed by atoms with E-state index in [1.165, 1.54) is 6.07 Å². The van der Waals surface area contributed by atoms with E-state index in [4.69, 9.17) is 10.9 Å². The fraction of sp³-hybridized carbons (Fsp3) is 0.333. The standard InChI is InChI=1S/C12H17N3O3/c1-7-3-4-10(16)9(5-7)12(17)14-8(2)6-11(13)15-18/h3-5,8,16,18H,6H2,1-2H3,(H2,13,15)(H,14,17). The third kappa shape index (κ3) is 3.65. The number of rotatable bonds is 4. The predicted octanol–water partition coefficient (Wildman–Crippen LogP) is 0.955. The minimum absolute atomic E-state index is 0.0382. The monoisotopic (exact) mass is 251 g/mol. The van der Waals surface area contributed by atoms with Crippen LogP contribution in [0.2, 0.25) is 0 Å². The van der Waals surface area contributed by atoms with Gasteiger partial charge in [-0.3, -0.25) is 4.79 Å². The van der Waals surface area contributed by atoms with E-state index in [0.29, 0.717) is 0 Å². The van der Waals surface area contributed by atoms with Gasteiger partial charge in [-0.05, 0) is 26.0 Å². The first-order valence-electron chi connectivity index (χ1n) is 5.51. The van der Waals surface area contributed by atoms with Crippen molar-refractivity contribution in [1.29, 1.82) is 0 Å². The second kappa shape index (κ2) is 5.90. The minimum atomic E-state index is -0.394. The van der Waals surface area contributed by atoms with Gasteiger partial charge in [-0.1, -0.05) is 16.8 Å². The Balaban J connectivity index is 2.73. The van der Waals surface area contributed by atoms with E-state index in [1.54, 1.807) is 19.1 Å². The first-order valence-corrected chi connectivity index (χ1v) is 5.51. The van der Waals surface area contributed by atoms with Gasteiger partial charge in [0.25, 0.3) is 5.91 Å². The molecule has 1 aromatic carbocycles. The first-order chi connectivity index (χ1) is 8.43. The van der Waals surface area contributed by atoms with Gasteiger partial charge in [-0.2, -0.15) is 0 Å². The summed E-state index contributed by atoms with van der Waals surface area (Å²) in [5.74, 6) is -0.431. The molecule has 0 aromatic heterocycles. The van der Waals surface area contributed by atoms with E-state index < -0.39 is 5.91 Å². The number of aryl methyl sites for hydroxylation is 1. The van der Waals surface area contributed by atoms with Crippen molar-refractivity contribution < 1.29 is 15.1 Å². The fourth-order valence-electron chi connectivity index (χ4n) is 1.54. The lowest BCUT2D eigenvalue weighted by Gasteiger charge is -2.13. The van der Waals surface area contributed by atoms with Gasteiger partial charge in [0.1, 0.15) is 11.6 Å².